The number of benzene rings is 3. The second-order valence-corrected chi connectivity index (χ2v) is 12.6. The first-order valence-corrected chi connectivity index (χ1v) is 15.0. The molecule has 41 heavy (non-hydrogen) atoms. The number of fused-ring (bicyclic) bond motifs is 2. The normalized spacial score (nSPS) is 19.6. The average Bonchev–Trinajstić information content (AvgIpc) is 3.73. The van der Waals surface area contributed by atoms with Crippen LogP contribution in [0, 0.1) is 11.2 Å². The van der Waals surface area contributed by atoms with Crippen molar-refractivity contribution >= 4 is 60.6 Å². The SMILES string of the molecule is O=C(Nc1cc2cccnc2c(N2CCC(F)(F)CC2)c1F)c1c(N2CCC3(CC2)CC3)cc(Br)c2ccccc12. The van der Waals surface area contributed by atoms with Crippen LogP contribution in [-0.4, -0.2) is 43.0 Å². The third-order valence-corrected chi connectivity index (χ3v) is 9.85. The Bertz CT molecular complexity index is 1670. The second kappa shape index (κ2) is 9.89. The number of hydrogen-bond acceptors (Lipinski definition) is 4. The zero-order valence-corrected chi connectivity index (χ0v) is 24.1. The summed E-state index contributed by atoms with van der Waals surface area (Å²) in [5.41, 5.74) is 2.36. The number of aromatic nitrogens is 1. The lowest BCUT2D eigenvalue weighted by Crippen LogP contribution is -2.40. The first-order chi connectivity index (χ1) is 19.7. The lowest BCUT2D eigenvalue weighted by Gasteiger charge is -2.35. The van der Waals surface area contributed by atoms with Gasteiger partial charge in [0.2, 0.25) is 0 Å². The molecule has 9 heteroatoms. The van der Waals surface area contributed by atoms with Crippen LogP contribution >= 0.6 is 15.9 Å². The van der Waals surface area contributed by atoms with Gasteiger partial charge in [-0.05, 0) is 60.1 Å². The summed E-state index contributed by atoms with van der Waals surface area (Å²) in [4.78, 5) is 22.4. The van der Waals surface area contributed by atoms with Gasteiger partial charge in [-0.3, -0.25) is 9.78 Å². The molecule has 2 aliphatic heterocycles. The van der Waals surface area contributed by atoms with Gasteiger partial charge in [0.15, 0.2) is 5.82 Å². The largest absolute Gasteiger partial charge is 0.371 e. The van der Waals surface area contributed by atoms with Crippen LogP contribution < -0.4 is 15.1 Å². The van der Waals surface area contributed by atoms with Crippen molar-refractivity contribution in [1.82, 2.24) is 4.98 Å². The molecule has 1 aliphatic carbocycles. The van der Waals surface area contributed by atoms with Crippen LogP contribution in [-0.2, 0) is 0 Å². The molecule has 1 spiro atoms. The molecule has 3 fully saturated rings. The topological polar surface area (TPSA) is 48.5 Å². The molecule has 0 unspecified atom stereocenters. The molecule has 0 atom stereocenters. The Morgan fingerprint density at radius 2 is 1.56 bits per heavy atom. The molecule has 2 saturated heterocycles. The lowest BCUT2D eigenvalue weighted by atomic mass is 9.92. The Morgan fingerprint density at radius 1 is 0.878 bits per heavy atom. The van der Waals surface area contributed by atoms with Gasteiger partial charge in [0.1, 0.15) is 5.69 Å². The molecule has 0 radical (unpaired) electrons. The highest BCUT2D eigenvalue weighted by Crippen LogP contribution is 2.54. The van der Waals surface area contributed by atoms with E-state index in [1.54, 1.807) is 29.3 Å². The fourth-order valence-corrected chi connectivity index (χ4v) is 7.07. The van der Waals surface area contributed by atoms with Gasteiger partial charge >= 0.3 is 0 Å². The maximum Gasteiger partial charge on any atom is 0.258 e. The molecule has 212 valence electrons. The number of rotatable bonds is 4. The van der Waals surface area contributed by atoms with Crippen LogP contribution in [0.5, 0.6) is 0 Å². The minimum atomic E-state index is -2.77. The van der Waals surface area contributed by atoms with E-state index in [1.807, 2.05) is 30.3 Å². The Kier molecular flexibility index (Phi) is 6.41. The number of carbonyl (C=O) groups is 1. The zero-order chi connectivity index (χ0) is 28.4. The van der Waals surface area contributed by atoms with Crippen molar-refractivity contribution in [2.45, 2.75) is 44.4 Å². The van der Waals surface area contributed by atoms with E-state index in [4.69, 9.17) is 0 Å². The van der Waals surface area contributed by atoms with Crippen molar-refractivity contribution in [1.29, 1.82) is 0 Å². The van der Waals surface area contributed by atoms with Crippen molar-refractivity contribution in [3.63, 3.8) is 0 Å². The molecule has 1 N–H and O–H groups in total. The molecule has 5 nitrogen and oxygen atoms in total. The van der Waals surface area contributed by atoms with Crippen LogP contribution in [0.1, 0.15) is 48.9 Å². The van der Waals surface area contributed by atoms with E-state index in [0.29, 0.717) is 21.9 Å². The highest BCUT2D eigenvalue weighted by atomic mass is 79.9. The summed E-state index contributed by atoms with van der Waals surface area (Å²) in [7, 11) is 0. The van der Waals surface area contributed by atoms with Gasteiger partial charge in [0.25, 0.3) is 11.8 Å². The van der Waals surface area contributed by atoms with E-state index >= 15 is 4.39 Å². The van der Waals surface area contributed by atoms with E-state index in [9.17, 15) is 13.6 Å². The summed E-state index contributed by atoms with van der Waals surface area (Å²) in [6.07, 6.45) is 5.61. The third kappa shape index (κ3) is 4.82. The number of piperidine rings is 2. The van der Waals surface area contributed by atoms with Gasteiger partial charge in [0.05, 0.1) is 22.5 Å². The Labute approximate surface area is 244 Å². The molecule has 0 bridgehead atoms. The van der Waals surface area contributed by atoms with Crippen LogP contribution in [0.3, 0.4) is 0 Å². The first-order valence-electron chi connectivity index (χ1n) is 14.2. The number of alkyl halides is 2. The number of amides is 1. The van der Waals surface area contributed by atoms with Gasteiger partial charge in [-0.1, -0.05) is 46.3 Å². The highest BCUT2D eigenvalue weighted by molar-refractivity contribution is 9.10. The fourth-order valence-electron chi connectivity index (χ4n) is 6.51. The Balaban J connectivity index is 1.30. The Hall–Kier alpha value is -3.33. The van der Waals surface area contributed by atoms with E-state index in [-0.39, 0.29) is 37.3 Å². The smallest absolute Gasteiger partial charge is 0.258 e. The summed E-state index contributed by atoms with van der Waals surface area (Å²) in [5.74, 6) is -3.84. The van der Waals surface area contributed by atoms with Gasteiger partial charge in [-0.2, -0.15) is 0 Å². The first kappa shape index (κ1) is 26.6. The van der Waals surface area contributed by atoms with Crippen molar-refractivity contribution in [3.05, 3.63) is 70.6 Å². The van der Waals surface area contributed by atoms with E-state index < -0.39 is 17.6 Å². The molecule has 3 aliphatic rings. The summed E-state index contributed by atoms with van der Waals surface area (Å²) >= 11 is 3.72. The number of halogens is 4. The fraction of sp³-hybridized carbons (Fsp3) is 0.375. The van der Waals surface area contributed by atoms with Crippen LogP contribution in [0.2, 0.25) is 0 Å². The molecule has 1 saturated carbocycles. The number of nitrogens with zero attached hydrogens (tertiary/aromatic N) is 3. The molecule has 4 aromatic rings. The van der Waals surface area contributed by atoms with E-state index in [1.165, 1.54) is 12.8 Å². The van der Waals surface area contributed by atoms with Gasteiger partial charge in [-0.25, -0.2) is 13.2 Å². The van der Waals surface area contributed by atoms with E-state index in [2.05, 4.69) is 31.1 Å². The third-order valence-electron chi connectivity index (χ3n) is 9.19. The molecule has 3 aromatic carbocycles. The van der Waals surface area contributed by atoms with E-state index in [0.717, 1.165) is 46.9 Å². The monoisotopic (exact) mass is 622 g/mol. The van der Waals surface area contributed by atoms with Gasteiger partial charge < -0.3 is 15.1 Å². The highest BCUT2D eigenvalue weighted by Gasteiger charge is 2.45. The number of nitrogens with one attached hydrogen (secondary N) is 1. The summed E-state index contributed by atoms with van der Waals surface area (Å²) < 4.78 is 45.1. The average molecular weight is 624 g/mol. The van der Waals surface area contributed by atoms with Crippen LogP contribution in [0.25, 0.3) is 21.7 Å². The van der Waals surface area contributed by atoms with Crippen molar-refractivity contribution in [3.8, 4) is 0 Å². The minimum Gasteiger partial charge on any atom is -0.371 e. The minimum absolute atomic E-state index is 0.00490. The molecule has 3 heterocycles. The quantitative estimate of drug-likeness (QED) is 0.249. The van der Waals surface area contributed by atoms with Crippen molar-refractivity contribution in [2.75, 3.05) is 41.3 Å². The molecular weight excluding hydrogens is 593 g/mol. The molecule has 1 aromatic heterocycles. The van der Waals surface area contributed by atoms with Gasteiger partial charge in [0, 0.05) is 55.1 Å². The van der Waals surface area contributed by atoms with Crippen molar-refractivity contribution < 1.29 is 18.0 Å². The maximum absolute atomic E-state index is 16.3. The standard InChI is InChI=1S/C32H30BrF3N4O/c33-23-19-25(39-14-9-31(7-8-31)10-15-39)26(22-6-2-1-5-21(22)23)30(41)38-24-18-20-4-3-13-37-28(20)29(27(24)34)40-16-11-32(35,36)12-17-40/h1-6,13,18-19H,7-12,14-17H2,(H,38,41). The maximum atomic E-state index is 16.3. The second-order valence-electron chi connectivity index (χ2n) is 11.7. The summed E-state index contributed by atoms with van der Waals surface area (Å²) in [6.45, 7) is 1.74. The Morgan fingerprint density at radius 3 is 2.27 bits per heavy atom. The number of anilines is 3. The summed E-state index contributed by atoms with van der Waals surface area (Å²) in [6, 6.07) is 14.8. The number of pyridine rings is 1. The summed E-state index contributed by atoms with van der Waals surface area (Å²) in [5, 5.41) is 5.18. The molecular formula is C32H30BrF3N4O. The van der Waals surface area contributed by atoms with Gasteiger partial charge in [-0.15, -0.1) is 0 Å². The van der Waals surface area contributed by atoms with Crippen LogP contribution in [0.4, 0.5) is 30.2 Å². The lowest BCUT2D eigenvalue weighted by molar-refractivity contribution is -0.0221. The predicted molar refractivity (Wildman–Crippen MR) is 161 cm³/mol. The number of hydrogen-bond donors (Lipinski definition) is 1. The number of carbonyl (C=O) groups excluding carboxylic acids is 1. The zero-order valence-electron chi connectivity index (χ0n) is 22.5. The van der Waals surface area contributed by atoms with Crippen molar-refractivity contribution in [2.24, 2.45) is 5.41 Å². The predicted octanol–water partition coefficient (Wildman–Crippen LogP) is 8.16. The molecule has 1 amide bonds. The molecule has 7 rings (SSSR count). The van der Waals surface area contributed by atoms with Crippen LogP contribution in [0.15, 0.2) is 59.2 Å².